The molecule has 9 nitrogen and oxygen atoms in total. The lowest BCUT2D eigenvalue weighted by Crippen LogP contribution is -2.27. The van der Waals surface area contributed by atoms with Gasteiger partial charge in [0.15, 0.2) is 0 Å². The second-order valence-electron chi connectivity index (χ2n) is 8.35. The van der Waals surface area contributed by atoms with E-state index in [4.69, 9.17) is 9.47 Å². The predicted octanol–water partition coefficient (Wildman–Crippen LogP) is 3.48. The Morgan fingerprint density at radius 2 is 1.94 bits per heavy atom. The predicted molar refractivity (Wildman–Crippen MR) is 124 cm³/mol. The van der Waals surface area contributed by atoms with E-state index in [1.807, 2.05) is 18.4 Å². The zero-order valence-corrected chi connectivity index (χ0v) is 19.1. The van der Waals surface area contributed by atoms with Crippen molar-refractivity contribution in [1.82, 2.24) is 14.9 Å². The maximum atomic E-state index is 12.7. The largest absolute Gasteiger partial charge is 0.491 e. The van der Waals surface area contributed by atoms with Crippen LogP contribution >= 0.6 is 0 Å². The Labute approximate surface area is 196 Å². The van der Waals surface area contributed by atoms with E-state index in [2.05, 4.69) is 10.3 Å². The van der Waals surface area contributed by atoms with Gasteiger partial charge in [-0.2, -0.15) is 0 Å². The van der Waals surface area contributed by atoms with Gasteiger partial charge in [0.25, 0.3) is 5.91 Å². The van der Waals surface area contributed by atoms with Crippen LogP contribution in [0.4, 0.5) is 0 Å². The van der Waals surface area contributed by atoms with Crippen molar-refractivity contribution in [2.45, 2.75) is 20.4 Å². The van der Waals surface area contributed by atoms with Crippen LogP contribution in [0.15, 0.2) is 42.7 Å². The van der Waals surface area contributed by atoms with E-state index >= 15 is 0 Å². The number of nitrogens with zero attached hydrogens (tertiary/aromatic N) is 2. The fourth-order valence-corrected chi connectivity index (χ4v) is 3.86. The van der Waals surface area contributed by atoms with Crippen LogP contribution < -0.4 is 10.1 Å². The summed E-state index contributed by atoms with van der Waals surface area (Å²) < 4.78 is 12.7. The molecule has 9 heteroatoms. The Bertz CT molecular complexity index is 1280. The fourth-order valence-electron chi connectivity index (χ4n) is 3.86. The molecule has 4 rings (SSSR count). The normalized spacial score (nSPS) is 12.2. The molecular weight excluding hydrogens is 438 g/mol. The molecule has 2 N–H and O–H groups in total. The minimum absolute atomic E-state index is 0.0269. The van der Waals surface area contributed by atoms with Gasteiger partial charge in [0.05, 0.1) is 30.3 Å². The summed E-state index contributed by atoms with van der Waals surface area (Å²) in [5.74, 6) is -0.866. The number of fused-ring (bicyclic) bond motifs is 3. The molecule has 0 bridgehead atoms. The molecule has 34 heavy (non-hydrogen) atoms. The smallest absolute Gasteiger partial charge is 0.338 e. The van der Waals surface area contributed by atoms with Crippen LogP contribution in [0.1, 0.15) is 44.9 Å². The van der Waals surface area contributed by atoms with E-state index in [-0.39, 0.29) is 34.1 Å². The maximum absolute atomic E-state index is 12.7. The minimum atomic E-state index is -1.17. The number of aromatic carboxylic acids is 1. The molecule has 0 unspecified atom stereocenters. The van der Waals surface area contributed by atoms with Crippen molar-refractivity contribution < 1.29 is 29.0 Å². The summed E-state index contributed by atoms with van der Waals surface area (Å²) in [4.78, 5) is 41.8. The molecule has 2 heterocycles. The Morgan fingerprint density at radius 3 is 2.65 bits per heavy atom. The molecule has 0 fully saturated rings. The standard InChI is InChI=1S/C25H25N3O6/c1-14(2)13-27-23(29)15-4-5-16(19(10-15)25(32)33-3)17-12-21-20(11-18(17)24(30)31)22-26-6-7-28(22)8-9-34-21/h4-7,10-12,14H,8-9,13H2,1-3H3,(H,27,29)(H,30,31). The number of imidazole rings is 1. The molecule has 176 valence electrons. The lowest BCUT2D eigenvalue weighted by atomic mass is 9.91. The van der Waals surface area contributed by atoms with Crippen LogP contribution in [0.25, 0.3) is 22.5 Å². The lowest BCUT2D eigenvalue weighted by molar-refractivity contribution is 0.0600. The van der Waals surface area contributed by atoms with Gasteiger partial charge in [-0.05, 0) is 35.7 Å². The van der Waals surface area contributed by atoms with Gasteiger partial charge in [-0.3, -0.25) is 4.79 Å². The van der Waals surface area contributed by atoms with Crippen molar-refractivity contribution in [1.29, 1.82) is 0 Å². The van der Waals surface area contributed by atoms with Gasteiger partial charge in [0, 0.05) is 30.1 Å². The molecule has 2 aromatic carbocycles. The lowest BCUT2D eigenvalue weighted by Gasteiger charge is -2.16. The number of nitrogens with one attached hydrogen (secondary N) is 1. The highest BCUT2D eigenvalue weighted by Gasteiger charge is 2.25. The highest BCUT2D eigenvalue weighted by Crippen LogP contribution is 2.39. The van der Waals surface area contributed by atoms with E-state index < -0.39 is 11.9 Å². The van der Waals surface area contributed by atoms with Crippen LogP contribution in [0.3, 0.4) is 0 Å². The molecule has 1 aliphatic heterocycles. The summed E-state index contributed by atoms with van der Waals surface area (Å²) >= 11 is 0. The molecule has 0 saturated carbocycles. The van der Waals surface area contributed by atoms with Gasteiger partial charge < -0.3 is 24.5 Å². The molecule has 1 aromatic heterocycles. The van der Waals surface area contributed by atoms with E-state index in [1.165, 1.54) is 19.2 Å². The Morgan fingerprint density at radius 1 is 1.15 bits per heavy atom. The molecular formula is C25H25N3O6. The molecule has 3 aromatic rings. The number of hydrogen-bond acceptors (Lipinski definition) is 6. The number of aromatic nitrogens is 2. The zero-order chi connectivity index (χ0) is 24.4. The first kappa shape index (κ1) is 23.0. The van der Waals surface area contributed by atoms with Crippen molar-refractivity contribution in [2.75, 3.05) is 20.3 Å². The number of rotatable bonds is 6. The Balaban J connectivity index is 1.87. The molecule has 0 saturated heterocycles. The van der Waals surface area contributed by atoms with Gasteiger partial charge in [-0.25, -0.2) is 14.6 Å². The van der Waals surface area contributed by atoms with E-state index in [9.17, 15) is 19.5 Å². The van der Waals surface area contributed by atoms with Crippen molar-refractivity contribution in [3.8, 4) is 28.3 Å². The van der Waals surface area contributed by atoms with Crippen LogP contribution in [0.5, 0.6) is 5.75 Å². The van der Waals surface area contributed by atoms with Crippen molar-refractivity contribution in [3.63, 3.8) is 0 Å². The molecule has 0 radical (unpaired) electrons. The highest BCUT2D eigenvalue weighted by molar-refractivity contribution is 6.06. The number of benzene rings is 2. The summed E-state index contributed by atoms with van der Waals surface area (Å²) in [6, 6.07) is 7.64. The van der Waals surface area contributed by atoms with Crippen LogP contribution in [-0.4, -0.2) is 52.8 Å². The maximum Gasteiger partial charge on any atom is 0.338 e. The van der Waals surface area contributed by atoms with Gasteiger partial charge in [-0.15, -0.1) is 0 Å². The second kappa shape index (κ2) is 9.38. The number of hydrogen-bond donors (Lipinski definition) is 2. The van der Waals surface area contributed by atoms with Crippen molar-refractivity contribution in [2.24, 2.45) is 5.92 Å². The van der Waals surface area contributed by atoms with Crippen molar-refractivity contribution >= 4 is 17.8 Å². The third kappa shape index (κ3) is 4.36. The number of carboxylic acids is 1. The van der Waals surface area contributed by atoms with Crippen molar-refractivity contribution in [3.05, 3.63) is 59.4 Å². The zero-order valence-electron chi connectivity index (χ0n) is 19.1. The first-order valence-electron chi connectivity index (χ1n) is 10.9. The van der Waals surface area contributed by atoms with E-state index in [1.54, 1.807) is 30.6 Å². The summed E-state index contributed by atoms with van der Waals surface area (Å²) in [5, 5.41) is 12.8. The van der Waals surface area contributed by atoms with Crippen LogP contribution in [-0.2, 0) is 11.3 Å². The molecule has 0 atom stereocenters. The second-order valence-corrected chi connectivity index (χ2v) is 8.35. The fraction of sp³-hybridized carbons (Fsp3) is 0.280. The third-order valence-electron chi connectivity index (χ3n) is 5.54. The number of carbonyl (C=O) groups excluding carboxylic acids is 2. The van der Waals surface area contributed by atoms with Gasteiger partial charge in [0.2, 0.25) is 0 Å². The molecule has 1 aliphatic rings. The molecule has 0 spiro atoms. The number of methoxy groups -OCH3 is 1. The summed E-state index contributed by atoms with van der Waals surface area (Å²) in [7, 11) is 1.23. The monoisotopic (exact) mass is 463 g/mol. The Hall–Kier alpha value is -4.14. The topological polar surface area (TPSA) is 120 Å². The van der Waals surface area contributed by atoms with E-state index in [0.717, 1.165) is 0 Å². The number of esters is 1. The molecule has 1 amide bonds. The highest BCUT2D eigenvalue weighted by atomic mass is 16.5. The van der Waals surface area contributed by atoms with Gasteiger partial charge in [0.1, 0.15) is 18.2 Å². The van der Waals surface area contributed by atoms with Crippen LogP contribution in [0.2, 0.25) is 0 Å². The first-order valence-corrected chi connectivity index (χ1v) is 10.9. The minimum Gasteiger partial charge on any atom is -0.491 e. The number of carbonyl (C=O) groups is 3. The SMILES string of the molecule is COC(=O)c1cc(C(=O)NCC(C)C)ccc1-c1cc2c(cc1C(=O)O)-c1nccn1CCO2. The third-order valence-corrected chi connectivity index (χ3v) is 5.54. The Kier molecular flexibility index (Phi) is 6.36. The van der Waals surface area contributed by atoms with Gasteiger partial charge >= 0.3 is 11.9 Å². The van der Waals surface area contributed by atoms with E-state index in [0.29, 0.717) is 42.4 Å². The average Bonchev–Trinajstić information content (AvgIpc) is 3.22. The summed E-state index contributed by atoms with van der Waals surface area (Å²) in [6.07, 6.45) is 3.46. The number of carboxylic acid groups (broad SMARTS) is 1. The quantitative estimate of drug-likeness (QED) is 0.537. The number of amides is 1. The number of ether oxygens (including phenoxy) is 2. The summed E-state index contributed by atoms with van der Waals surface area (Å²) in [6.45, 7) is 5.37. The summed E-state index contributed by atoms with van der Waals surface area (Å²) in [5.41, 5.74) is 1.48. The average molecular weight is 463 g/mol. The first-order chi connectivity index (χ1) is 16.3. The van der Waals surface area contributed by atoms with Crippen LogP contribution in [0, 0.1) is 5.92 Å². The molecule has 0 aliphatic carbocycles. The van der Waals surface area contributed by atoms with Gasteiger partial charge in [-0.1, -0.05) is 19.9 Å².